The first-order valence-electron chi connectivity index (χ1n) is 5.64. The number of benzene rings is 1. The van der Waals surface area contributed by atoms with Gasteiger partial charge in [0.25, 0.3) is 0 Å². The molecule has 18 heavy (non-hydrogen) atoms. The first-order valence-corrected chi connectivity index (χ1v) is 6.02. The monoisotopic (exact) mass is 267 g/mol. The summed E-state index contributed by atoms with van der Waals surface area (Å²) < 4.78 is 0. The number of aliphatic hydroxyl groups excluding tert-OH is 3. The standard InChI is InChI=1S/C13H14ClNO3/c14-10-3-5-15-11-7-8(1-2-9(10)11)13(18)12(17)4-6-16/h1-3,5,7,12-13,16-18H,4,6H2. The van der Waals surface area contributed by atoms with E-state index in [9.17, 15) is 10.2 Å². The maximum atomic E-state index is 9.93. The van der Waals surface area contributed by atoms with E-state index in [2.05, 4.69) is 4.98 Å². The number of halogens is 1. The maximum Gasteiger partial charge on any atom is 0.105 e. The molecule has 0 aliphatic rings. The van der Waals surface area contributed by atoms with Crippen molar-refractivity contribution in [3.05, 3.63) is 41.0 Å². The highest BCUT2D eigenvalue weighted by atomic mass is 35.5. The number of pyridine rings is 1. The van der Waals surface area contributed by atoms with Crippen LogP contribution in [0.15, 0.2) is 30.5 Å². The molecule has 2 aromatic rings. The van der Waals surface area contributed by atoms with Gasteiger partial charge in [-0.2, -0.15) is 0 Å². The van der Waals surface area contributed by atoms with Gasteiger partial charge in [0.05, 0.1) is 16.6 Å². The molecule has 0 spiro atoms. The van der Waals surface area contributed by atoms with Crippen molar-refractivity contribution in [3.63, 3.8) is 0 Å². The van der Waals surface area contributed by atoms with Crippen LogP contribution in [0.3, 0.4) is 0 Å². The second-order valence-electron chi connectivity index (χ2n) is 4.09. The second kappa shape index (κ2) is 5.63. The van der Waals surface area contributed by atoms with Crippen molar-refractivity contribution in [2.45, 2.75) is 18.6 Å². The van der Waals surface area contributed by atoms with Gasteiger partial charge in [0.15, 0.2) is 0 Å². The minimum Gasteiger partial charge on any atom is -0.396 e. The number of aromatic nitrogens is 1. The summed E-state index contributed by atoms with van der Waals surface area (Å²) in [5.41, 5.74) is 1.22. The molecule has 0 radical (unpaired) electrons. The molecule has 0 aliphatic carbocycles. The van der Waals surface area contributed by atoms with Crippen LogP contribution in [0.25, 0.3) is 10.9 Å². The molecule has 1 aromatic heterocycles. The van der Waals surface area contributed by atoms with Crippen molar-refractivity contribution in [3.8, 4) is 0 Å². The van der Waals surface area contributed by atoms with Gasteiger partial charge >= 0.3 is 0 Å². The SMILES string of the molecule is OCCC(O)C(O)c1ccc2c(Cl)ccnc2c1. The highest BCUT2D eigenvalue weighted by Gasteiger charge is 2.18. The van der Waals surface area contributed by atoms with Crippen molar-refractivity contribution in [1.29, 1.82) is 0 Å². The molecule has 0 aliphatic heterocycles. The summed E-state index contributed by atoms with van der Waals surface area (Å²) in [5, 5.41) is 29.7. The predicted molar refractivity (Wildman–Crippen MR) is 69.4 cm³/mol. The number of fused-ring (bicyclic) bond motifs is 1. The topological polar surface area (TPSA) is 73.6 Å². The van der Waals surface area contributed by atoms with Crippen molar-refractivity contribution in [2.24, 2.45) is 0 Å². The minimum absolute atomic E-state index is 0.127. The highest BCUT2D eigenvalue weighted by molar-refractivity contribution is 6.35. The zero-order chi connectivity index (χ0) is 13.1. The van der Waals surface area contributed by atoms with Crippen molar-refractivity contribution in [2.75, 3.05) is 6.61 Å². The van der Waals surface area contributed by atoms with Crippen LogP contribution in [-0.4, -0.2) is 33.0 Å². The van der Waals surface area contributed by atoms with E-state index in [0.717, 1.165) is 5.39 Å². The van der Waals surface area contributed by atoms with Gasteiger partial charge < -0.3 is 15.3 Å². The van der Waals surface area contributed by atoms with E-state index in [0.29, 0.717) is 16.1 Å². The van der Waals surface area contributed by atoms with Gasteiger partial charge in [0, 0.05) is 18.2 Å². The Bertz CT molecular complexity index is 547. The number of aliphatic hydroxyl groups is 3. The summed E-state index contributed by atoms with van der Waals surface area (Å²) in [7, 11) is 0. The zero-order valence-corrected chi connectivity index (χ0v) is 10.4. The van der Waals surface area contributed by atoms with E-state index >= 15 is 0 Å². The van der Waals surface area contributed by atoms with Gasteiger partial charge in [0.2, 0.25) is 0 Å². The average molecular weight is 268 g/mol. The third-order valence-corrected chi connectivity index (χ3v) is 3.17. The Kier molecular flexibility index (Phi) is 4.14. The summed E-state index contributed by atoms with van der Waals surface area (Å²) in [4.78, 5) is 4.16. The first kappa shape index (κ1) is 13.2. The Morgan fingerprint density at radius 2 is 2.00 bits per heavy atom. The summed E-state index contributed by atoms with van der Waals surface area (Å²) >= 11 is 6.02. The molecular formula is C13H14ClNO3. The van der Waals surface area contributed by atoms with Crippen molar-refractivity contribution in [1.82, 2.24) is 4.98 Å². The molecule has 5 heteroatoms. The van der Waals surface area contributed by atoms with Crippen LogP contribution in [-0.2, 0) is 0 Å². The van der Waals surface area contributed by atoms with Crippen molar-refractivity contribution >= 4 is 22.5 Å². The molecular weight excluding hydrogens is 254 g/mol. The molecule has 1 heterocycles. The van der Waals surface area contributed by atoms with E-state index in [-0.39, 0.29) is 13.0 Å². The van der Waals surface area contributed by atoms with Gasteiger partial charge in [-0.15, -0.1) is 0 Å². The smallest absolute Gasteiger partial charge is 0.105 e. The lowest BCUT2D eigenvalue weighted by Crippen LogP contribution is -2.19. The summed E-state index contributed by atoms with van der Waals surface area (Å²) in [5.74, 6) is 0. The molecule has 2 rings (SSSR count). The van der Waals surface area contributed by atoms with Crippen molar-refractivity contribution < 1.29 is 15.3 Å². The van der Waals surface area contributed by atoms with E-state index in [1.807, 2.05) is 0 Å². The molecule has 2 unspecified atom stereocenters. The molecule has 2 atom stereocenters. The molecule has 0 saturated carbocycles. The van der Waals surface area contributed by atoms with Crippen LogP contribution < -0.4 is 0 Å². The number of hydrogen-bond donors (Lipinski definition) is 3. The summed E-state index contributed by atoms with van der Waals surface area (Å²) in [6.45, 7) is -0.171. The molecule has 0 fully saturated rings. The minimum atomic E-state index is -1.04. The number of rotatable bonds is 4. The molecule has 0 amide bonds. The normalized spacial score (nSPS) is 14.7. The van der Waals surface area contributed by atoms with Crippen LogP contribution in [0.2, 0.25) is 5.02 Å². The third kappa shape index (κ3) is 2.62. The first-order chi connectivity index (χ1) is 8.63. The van der Waals surface area contributed by atoms with Crippen LogP contribution in [0.4, 0.5) is 0 Å². The number of hydrogen-bond acceptors (Lipinski definition) is 4. The summed E-state index contributed by atoms with van der Waals surface area (Å²) in [6, 6.07) is 6.84. The lowest BCUT2D eigenvalue weighted by Gasteiger charge is -2.17. The molecule has 4 nitrogen and oxygen atoms in total. The van der Waals surface area contributed by atoms with Gasteiger partial charge in [-0.05, 0) is 24.1 Å². The summed E-state index contributed by atoms with van der Waals surface area (Å²) in [6.07, 6.45) is -0.318. The highest BCUT2D eigenvalue weighted by Crippen LogP contribution is 2.26. The lowest BCUT2D eigenvalue weighted by atomic mass is 10.0. The predicted octanol–water partition coefficient (Wildman–Crippen LogP) is 1.66. The fraction of sp³-hybridized carbons (Fsp3) is 0.308. The second-order valence-corrected chi connectivity index (χ2v) is 4.50. The lowest BCUT2D eigenvalue weighted by molar-refractivity contribution is 0.00428. The fourth-order valence-corrected chi connectivity index (χ4v) is 2.04. The largest absolute Gasteiger partial charge is 0.396 e. The molecule has 3 N–H and O–H groups in total. The van der Waals surface area contributed by atoms with Gasteiger partial charge in [0.1, 0.15) is 6.10 Å². The average Bonchev–Trinajstić information content (AvgIpc) is 2.38. The van der Waals surface area contributed by atoms with Crippen LogP contribution in [0.5, 0.6) is 0 Å². The molecule has 1 aromatic carbocycles. The van der Waals surface area contributed by atoms with Crippen LogP contribution in [0, 0.1) is 0 Å². The van der Waals surface area contributed by atoms with Gasteiger partial charge in [-0.1, -0.05) is 23.7 Å². The Labute approximate surface area is 109 Å². The number of nitrogens with zero attached hydrogens (tertiary/aromatic N) is 1. The van der Waals surface area contributed by atoms with Crippen LogP contribution >= 0.6 is 11.6 Å². The van der Waals surface area contributed by atoms with E-state index < -0.39 is 12.2 Å². The molecule has 96 valence electrons. The van der Waals surface area contributed by atoms with E-state index in [1.165, 1.54) is 0 Å². The zero-order valence-electron chi connectivity index (χ0n) is 9.62. The van der Waals surface area contributed by atoms with E-state index in [4.69, 9.17) is 16.7 Å². The fourth-order valence-electron chi connectivity index (χ4n) is 1.83. The van der Waals surface area contributed by atoms with Gasteiger partial charge in [-0.25, -0.2) is 0 Å². The molecule has 0 saturated heterocycles. The Balaban J connectivity index is 2.35. The Hall–Kier alpha value is -1.20. The quantitative estimate of drug-likeness (QED) is 0.788. The third-order valence-electron chi connectivity index (χ3n) is 2.84. The Morgan fingerprint density at radius 3 is 2.72 bits per heavy atom. The maximum absolute atomic E-state index is 9.93. The molecule has 0 bridgehead atoms. The Morgan fingerprint density at radius 1 is 1.22 bits per heavy atom. The van der Waals surface area contributed by atoms with Crippen LogP contribution in [0.1, 0.15) is 18.1 Å². The van der Waals surface area contributed by atoms with E-state index in [1.54, 1.807) is 30.5 Å². The van der Waals surface area contributed by atoms with Gasteiger partial charge in [-0.3, -0.25) is 4.98 Å².